The Balaban J connectivity index is 2.04. The second-order valence-electron chi connectivity index (χ2n) is 5.20. The molecule has 1 saturated heterocycles. The molecule has 0 saturated carbocycles. The van der Waals surface area contributed by atoms with Gasteiger partial charge in [0.1, 0.15) is 0 Å². The predicted molar refractivity (Wildman–Crippen MR) is 86.4 cm³/mol. The van der Waals surface area contributed by atoms with Crippen LogP contribution in [0.5, 0.6) is 0 Å². The summed E-state index contributed by atoms with van der Waals surface area (Å²) in [5, 5.41) is 0. The summed E-state index contributed by atoms with van der Waals surface area (Å²) in [5.74, 6) is 1.75. The molecule has 116 valence electrons. The fourth-order valence-electron chi connectivity index (χ4n) is 2.65. The third-order valence-electron chi connectivity index (χ3n) is 3.76. The van der Waals surface area contributed by atoms with Gasteiger partial charge in [0, 0.05) is 30.3 Å². The number of hydrogen-bond donors (Lipinski definition) is 0. The number of benzene rings is 2. The van der Waals surface area contributed by atoms with E-state index in [2.05, 4.69) is 0 Å². The van der Waals surface area contributed by atoms with E-state index in [4.69, 9.17) is 0 Å². The molecule has 0 N–H and O–H groups in total. The van der Waals surface area contributed by atoms with E-state index in [0.29, 0.717) is 24.3 Å². The van der Waals surface area contributed by atoms with Crippen molar-refractivity contribution in [3.8, 4) is 11.1 Å². The summed E-state index contributed by atoms with van der Waals surface area (Å²) < 4.78 is 40.4. The third-order valence-corrected chi connectivity index (χ3v) is 4.70. The molecule has 0 aliphatic carbocycles. The maximum Gasteiger partial charge on any atom is 0.418 e. The normalized spacial score (nSPS) is 15.9. The Morgan fingerprint density at radius 2 is 1.55 bits per heavy atom. The first-order valence-corrected chi connectivity index (χ1v) is 8.30. The number of halogens is 3. The van der Waals surface area contributed by atoms with Gasteiger partial charge in [-0.1, -0.05) is 36.4 Å². The molecule has 1 aliphatic rings. The van der Waals surface area contributed by atoms with E-state index >= 15 is 0 Å². The average Bonchev–Trinajstić information content (AvgIpc) is 2.55. The highest BCUT2D eigenvalue weighted by Gasteiger charge is 2.35. The SMILES string of the molecule is FC(F)(F)c1cc(-c2ccccc2)ccc1N1CCSCC1. The molecule has 0 aromatic heterocycles. The van der Waals surface area contributed by atoms with Crippen LogP contribution in [0, 0.1) is 0 Å². The molecule has 2 aromatic carbocycles. The van der Waals surface area contributed by atoms with Gasteiger partial charge in [0.05, 0.1) is 5.56 Å². The zero-order chi connectivity index (χ0) is 15.6. The van der Waals surface area contributed by atoms with Gasteiger partial charge in [-0.05, 0) is 23.3 Å². The Morgan fingerprint density at radius 3 is 2.18 bits per heavy atom. The van der Waals surface area contributed by atoms with Crippen LogP contribution < -0.4 is 4.90 Å². The van der Waals surface area contributed by atoms with Crippen LogP contribution in [0.2, 0.25) is 0 Å². The van der Waals surface area contributed by atoms with Crippen molar-refractivity contribution in [3.05, 3.63) is 54.1 Å². The van der Waals surface area contributed by atoms with Crippen molar-refractivity contribution in [3.63, 3.8) is 0 Å². The lowest BCUT2D eigenvalue weighted by Crippen LogP contribution is -2.34. The Morgan fingerprint density at radius 1 is 0.864 bits per heavy atom. The molecular formula is C17H16F3NS. The van der Waals surface area contributed by atoms with Crippen molar-refractivity contribution in [1.82, 2.24) is 0 Å². The van der Waals surface area contributed by atoms with Crippen LogP contribution in [-0.2, 0) is 6.18 Å². The highest BCUT2D eigenvalue weighted by Crippen LogP contribution is 2.39. The van der Waals surface area contributed by atoms with E-state index < -0.39 is 11.7 Å². The lowest BCUT2D eigenvalue weighted by molar-refractivity contribution is -0.137. The Labute approximate surface area is 132 Å². The largest absolute Gasteiger partial charge is 0.418 e. The summed E-state index contributed by atoms with van der Waals surface area (Å²) in [5.41, 5.74) is 1.16. The minimum Gasteiger partial charge on any atom is -0.369 e. The molecule has 3 rings (SSSR count). The second-order valence-corrected chi connectivity index (χ2v) is 6.42. The van der Waals surface area contributed by atoms with Crippen molar-refractivity contribution in [1.29, 1.82) is 0 Å². The summed E-state index contributed by atoms with van der Waals surface area (Å²) >= 11 is 1.78. The van der Waals surface area contributed by atoms with Crippen LogP contribution in [-0.4, -0.2) is 24.6 Å². The minimum atomic E-state index is -4.34. The van der Waals surface area contributed by atoms with Crippen molar-refractivity contribution in [2.45, 2.75) is 6.18 Å². The van der Waals surface area contributed by atoms with Crippen LogP contribution in [0.4, 0.5) is 18.9 Å². The van der Waals surface area contributed by atoms with E-state index in [9.17, 15) is 13.2 Å². The molecule has 0 radical (unpaired) electrons. The van der Waals surface area contributed by atoms with Crippen molar-refractivity contribution < 1.29 is 13.2 Å². The number of hydrogen-bond acceptors (Lipinski definition) is 2. The molecule has 1 nitrogen and oxygen atoms in total. The van der Waals surface area contributed by atoms with Gasteiger partial charge in [0.2, 0.25) is 0 Å². The number of nitrogens with zero attached hydrogens (tertiary/aromatic N) is 1. The second kappa shape index (κ2) is 6.24. The highest BCUT2D eigenvalue weighted by atomic mass is 32.2. The van der Waals surface area contributed by atoms with Crippen LogP contribution >= 0.6 is 11.8 Å². The minimum absolute atomic E-state index is 0.299. The maximum absolute atomic E-state index is 13.5. The molecular weight excluding hydrogens is 307 g/mol. The molecule has 1 aliphatic heterocycles. The molecule has 0 atom stereocenters. The zero-order valence-corrected chi connectivity index (χ0v) is 12.8. The summed E-state index contributed by atoms with van der Waals surface area (Å²) in [4.78, 5) is 1.84. The van der Waals surface area contributed by atoms with Gasteiger partial charge < -0.3 is 4.90 Å². The molecule has 0 bridgehead atoms. The molecule has 0 unspecified atom stereocenters. The van der Waals surface area contributed by atoms with Crippen LogP contribution in [0.3, 0.4) is 0 Å². The van der Waals surface area contributed by atoms with Crippen molar-refractivity contribution in [2.75, 3.05) is 29.5 Å². The van der Waals surface area contributed by atoms with Gasteiger partial charge >= 0.3 is 6.18 Å². The molecule has 0 spiro atoms. The first kappa shape index (κ1) is 15.3. The van der Waals surface area contributed by atoms with Crippen LogP contribution in [0.1, 0.15) is 5.56 Å². The van der Waals surface area contributed by atoms with Crippen LogP contribution in [0.15, 0.2) is 48.5 Å². The Hall–Kier alpha value is -1.62. The fraction of sp³-hybridized carbons (Fsp3) is 0.294. The molecule has 0 amide bonds. The topological polar surface area (TPSA) is 3.24 Å². The predicted octanol–water partition coefficient (Wildman–Crippen LogP) is 4.93. The van der Waals surface area contributed by atoms with Gasteiger partial charge in [-0.15, -0.1) is 0 Å². The zero-order valence-electron chi connectivity index (χ0n) is 11.9. The van der Waals surface area contributed by atoms with Gasteiger partial charge in [0.25, 0.3) is 0 Å². The average molecular weight is 323 g/mol. The molecule has 22 heavy (non-hydrogen) atoms. The van der Waals surface area contributed by atoms with E-state index in [1.54, 1.807) is 23.9 Å². The quantitative estimate of drug-likeness (QED) is 0.771. The van der Waals surface area contributed by atoms with Crippen molar-refractivity contribution >= 4 is 17.4 Å². The summed E-state index contributed by atoms with van der Waals surface area (Å²) in [7, 11) is 0. The molecule has 5 heteroatoms. The molecule has 1 heterocycles. The molecule has 2 aromatic rings. The number of thioether (sulfide) groups is 1. The lowest BCUT2D eigenvalue weighted by Gasteiger charge is -2.31. The summed E-state index contributed by atoms with van der Waals surface area (Å²) in [6.45, 7) is 1.33. The maximum atomic E-state index is 13.5. The fourth-order valence-corrected chi connectivity index (χ4v) is 3.56. The lowest BCUT2D eigenvalue weighted by atomic mass is 10.0. The molecule has 1 fully saturated rings. The van der Waals surface area contributed by atoms with Gasteiger partial charge in [0.15, 0.2) is 0 Å². The third kappa shape index (κ3) is 3.24. The number of anilines is 1. The standard InChI is InChI=1S/C17H16F3NS/c18-17(19,20)15-12-14(13-4-2-1-3-5-13)6-7-16(15)21-8-10-22-11-9-21/h1-7,12H,8-11H2. The summed E-state index contributed by atoms with van der Waals surface area (Å²) in [6, 6.07) is 13.8. The van der Waals surface area contributed by atoms with Gasteiger partial charge in [-0.3, -0.25) is 0 Å². The Kier molecular flexibility index (Phi) is 4.34. The Bertz CT molecular complexity index is 634. The number of rotatable bonds is 2. The highest BCUT2D eigenvalue weighted by molar-refractivity contribution is 7.99. The van der Waals surface area contributed by atoms with E-state index in [1.807, 2.05) is 35.2 Å². The first-order chi connectivity index (χ1) is 10.6. The van der Waals surface area contributed by atoms with E-state index in [-0.39, 0.29) is 0 Å². The number of alkyl halides is 3. The van der Waals surface area contributed by atoms with Crippen LogP contribution in [0.25, 0.3) is 11.1 Å². The monoisotopic (exact) mass is 323 g/mol. The van der Waals surface area contributed by atoms with Crippen molar-refractivity contribution in [2.24, 2.45) is 0 Å². The van der Waals surface area contributed by atoms with E-state index in [1.165, 1.54) is 6.07 Å². The van der Waals surface area contributed by atoms with E-state index in [0.717, 1.165) is 17.1 Å². The smallest absolute Gasteiger partial charge is 0.369 e. The van der Waals surface area contributed by atoms with Gasteiger partial charge in [-0.25, -0.2) is 0 Å². The first-order valence-electron chi connectivity index (χ1n) is 7.15. The van der Waals surface area contributed by atoms with Gasteiger partial charge in [-0.2, -0.15) is 24.9 Å². The summed E-state index contributed by atoms with van der Waals surface area (Å²) in [6.07, 6.45) is -4.34.